The maximum atomic E-state index is 6.03. The molecule has 0 aliphatic heterocycles. The molecule has 0 aromatic heterocycles. The van der Waals surface area contributed by atoms with Gasteiger partial charge in [0.25, 0.3) is 0 Å². The lowest BCUT2D eigenvalue weighted by atomic mass is 10.3. The molecule has 5 nitrogen and oxygen atoms in total. The van der Waals surface area contributed by atoms with E-state index in [2.05, 4.69) is 13.8 Å². The van der Waals surface area contributed by atoms with E-state index in [9.17, 15) is 0 Å². The summed E-state index contributed by atoms with van der Waals surface area (Å²) in [6.07, 6.45) is 1.71. The molecule has 0 aliphatic carbocycles. The van der Waals surface area contributed by atoms with Crippen LogP contribution in [0.2, 0.25) is 0 Å². The Morgan fingerprint density at radius 3 is 1.14 bits per heavy atom. The molecule has 21 heavy (non-hydrogen) atoms. The summed E-state index contributed by atoms with van der Waals surface area (Å²) in [6.45, 7) is 8.09. The molecule has 124 valence electrons. The van der Waals surface area contributed by atoms with Gasteiger partial charge in [-0.1, -0.05) is 13.8 Å². The van der Waals surface area contributed by atoms with Gasteiger partial charge in [-0.25, -0.2) is 0 Å². The molecule has 0 aromatic rings. The van der Waals surface area contributed by atoms with Crippen LogP contribution in [0.15, 0.2) is 21.9 Å². The second kappa shape index (κ2) is 11.2. The summed E-state index contributed by atoms with van der Waals surface area (Å²) in [6, 6.07) is 0. The van der Waals surface area contributed by atoms with Crippen LogP contribution in [-0.2, 0) is 22.4 Å². The van der Waals surface area contributed by atoms with Gasteiger partial charge in [-0.3, -0.25) is 0 Å². The highest BCUT2D eigenvalue weighted by atomic mass is 28.3. The zero-order chi connectivity index (χ0) is 16.4. The second-order valence-corrected chi connectivity index (χ2v) is 9.19. The molecule has 7 heteroatoms. The van der Waals surface area contributed by atoms with Gasteiger partial charge in [0.2, 0.25) is 0 Å². The lowest BCUT2D eigenvalue weighted by molar-refractivity contribution is 0.264. The van der Waals surface area contributed by atoms with Crippen LogP contribution in [0.3, 0.4) is 0 Å². The van der Waals surface area contributed by atoms with Gasteiger partial charge in [0.15, 0.2) is 0 Å². The third-order valence-corrected chi connectivity index (χ3v) is 7.88. The van der Waals surface area contributed by atoms with Crippen LogP contribution in [0.1, 0.15) is 40.5 Å². The average molecular weight is 335 g/mol. The first-order chi connectivity index (χ1) is 10.00. The minimum atomic E-state index is -1.82. The minimum Gasteiger partial charge on any atom is -0.467 e. The van der Waals surface area contributed by atoms with Crippen LogP contribution < -0.4 is 0 Å². The van der Waals surface area contributed by atoms with Crippen molar-refractivity contribution in [1.82, 2.24) is 0 Å². The van der Waals surface area contributed by atoms with Crippen molar-refractivity contribution in [1.29, 1.82) is 0 Å². The molecule has 0 spiro atoms. The van der Waals surface area contributed by atoms with Crippen molar-refractivity contribution in [3.63, 3.8) is 0 Å². The van der Waals surface area contributed by atoms with Crippen molar-refractivity contribution in [2.75, 3.05) is 28.4 Å². The van der Waals surface area contributed by atoms with Crippen molar-refractivity contribution in [2.45, 2.75) is 40.5 Å². The molecule has 0 amide bonds. The number of hydrogen-bond donors (Lipinski definition) is 0. The Morgan fingerprint density at radius 1 is 0.667 bits per heavy atom. The summed E-state index contributed by atoms with van der Waals surface area (Å²) < 4.78 is 27.8. The fourth-order valence-electron chi connectivity index (χ4n) is 2.29. The van der Waals surface area contributed by atoms with Crippen molar-refractivity contribution < 1.29 is 22.4 Å². The molecule has 0 N–H and O–H groups in total. The summed E-state index contributed by atoms with van der Waals surface area (Å²) in [7, 11) is 3.09. The first kappa shape index (κ1) is 20.6. The van der Waals surface area contributed by atoms with Gasteiger partial charge in [-0.2, -0.15) is 0 Å². The summed E-state index contributed by atoms with van der Waals surface area (Å²) in [5.74, 6) is 1.72. The smallest absolute Gasteiger partial charge is 0.354 e. The maximum absolute atomic E-state index is 6.03. The molecular formula is C14H30O5Si2. The highest BCUT2D eigenvalue weighted by molar-refractivity contribution is 6.54. The Balaban J connectivity index is 5.37. The van der Waals surface area contributed by atoms with E-state index in [0.29, 0.717) is 0 Å². The van der Waals surface area contributed by atoms with Crippen molar-refractivity contribution in [3.05, 3.63) is 21.9 Å². The van der Waals surface area contributed by atoms with Gasteiger partial charge < -0.3 is 22.4 Å². The average Bonchev–Trinajstić information content (AvgIpc) is 2.49. The molecule has 0 aromatic carbocycles. The molecule has 0 heterocycles. The zero-order valence-electron chi connectivity index (χ0n) is 14.6. The van der Waals surface area contributed by atoms with E-state index in [0.717, 1.165) is 34.8 Å². The van der Waals surface area contributed by atoms with Gasteiger partial charge in [0, 0.05) is 38.8 Å². The topological polar surface area (TPSA) is 46.2 Å². The van der Waals surface area contributed by atoms with Gasteiger partial charge in [0.1, 0.15) is 11.5 Å². The molecule has 0 saturated carbocycles. The van der Waals surface area contributed by atoms with Crippen LogP contribution in [-0.4, -0.2) is 47.0 Å². The van der Waals surface area contributed by atoms with Crippen LogP contribution in [0.4, 0.5) is 0 Å². The first-order valence-corrected chi connectivity index (χ1v) is 10.2. The fourth-order valence-corrected chi connectivity index (χ4v) is 5.26. The summed E-state index contributed by atoms with van der Waals surface area (Å²) in [4.78, 5) is 0. The Morgan fingerprint density at radius 2 is 0.952 bits per heavy atom. The van der Waals surface area contributed by atoms with Crippen molar-refractivity contribution in [2.24, 2.45) is 0 Å². The summed E-state index contributed by atoms with van der Waals surface area (Å²) in [5, 5.41) is 2.26. The molecule has 0 fully saturated rings. The molecular weight excluding hydrogens is 304 g/mol. The van der Waals surface area contributed by atoms with Gasteiger partial charge >= 0.3 is 18.6 Å². The number of rotatable bonds is 10. The molecule has 0 aliphatic rings. The third kappa shape index (κ3) is 6.05. The third-order valence-electron chi connectivity index (χ3n) is 3.40. The lowest BCUT2D eigenvalue weighted by Crippen LogP contribution is -2.25. The normalized spacial score (nSPS) is 14.4. The van der Waals surface area contributed by atoms with E-state index in [-0.39, 0.29) is 0 Å². The maximum Gasteiger partial charge on any atom is 0.354 e. The Kier molecular flexibility index (Phi) is 10.9. The monoisotopic (exact) mass is 334 g/mol. The molecule has 0 bridgehead atoms. The highest BCUT2D eigenvalue weighted by Gasteiger charge is 2.22. The summed E-state index contributed by atoms with van der Waals surface area (Å²) >= 11 is 0. The van der Waals surface area contributed by atoms with Gasteiger partial charge in [0.05, 0.1) is 0 Å². The standard InChI is InChI=1S/C14H30O5Si2/c1-9-13(20(15-5)16-6)11(3)19-12(4)14(10-2)21(17-7)18-8/h20-21H,9-10H2,1-8H3/b13-11+,14-12+. The van der Waals surface area contributed by atoms with Crippen LogP contribution in [0.25, 0.3) is 0 Å². The van der Waals surface area contributed by atoms with E-state index in [1.807, 2.05) is 13.8 Å². The van der Waals surface area contributed by atoms with Gasteiger partial charge in [-0.15, -0.1) is 0 Å². The largest absolute Gasteiger partial charge is 0.467 e. The first-order valence-electron chi connectivity index (χ1n) is 7.18. The predicted molar refractivity (Wildman–Crippen MR) is 89.4 cm³/mol. The number of ether oxygens (including phenoxy) is 1. The summed E-state index contributed by atoms with van der Waals surface area (Å²) in [5.41, 5.74) is 0. The number of hydrogen-bond acceptors (Lipinski definition) is 5. The molecule has 0 rings (SSSR count). The molecule has 0 unspecified atom stereocenters. The van der Waals surface area contributed by atoms with Crippen LogP contribution in [0.5, 0.6) is 0 Å². The fraction of sp³-hybridized carbons (Fsp3) is 0.714. The van der Waals surface area contributed by atoms with Gasteiger partial charge in [-0.05, 0) is 26.7 Å². The van der Waals surface area contributed by atoms with Crippen molar-refractivity contribution >= 4 is 18.6 Å². The van der Waals surface area contributed by atoms with E-state index in [4.69, 9.17) is 22.4 Å². The molecule has 0 atom stereocenters. The molecule has 0 saturated heterocycles. The van der Waals surface area contributed by atoms with Crippen LogP contribution in [0, 0.1) is 0 Å². The minimum absolute atomic E-state index is 0.856. The SMILES string of the molecule is CC/C(=C(/C)O/C(C)=C(\CC)[SiH](OC)OC)[SiH](OC)OC. The lowest BCUT2D eigenvalue weighted by Gasteiger charge is -2.21. The van der Waals surface area contributed by atoms with E-state index in [1.165, 1.54) is 0 Å². The Labute approximate surface area is 132 Å². The second-order valence-electron chi connectivity index (χ2n) is 4.58. The Hall–Kier alpha value is -0.446. The zero-order valence-corrected chi connectivity index (χ0v) is 16.9. The number of allylic oxidation sites excluding steroid dienone is 4. The Bertz CT molecular complexity index is 326. The van der Waals surface area contributed by atoms with E-state index in [1.54, 1.807) is 28.4 Å². The van der Waals surface area contributed by atoms with E-state index < -0.39 is 18.6 Å². The predicted octanol–water partition coefficient (Wildman–Crippen LogP) is 2.48. The van der Waals surface area contributed by atoms with Crippen molar-refractivity contribution in [3.8, 4) is 0 Å². The highest BCUT2D eigenvalue weighted by Crippen LogP contribution is 2.21. The quantitative estimate of drug-likeness (QED) is 0.454. The molecule has 0 radical (unpaired) electrons. The van der Waals surface area contributed by atoms with Crippen LogP contribution >= 0.6 is 0 Å². The van der Waals surface area contributed by atoms with E-state index >= 15 is 0 Å².